The molecule has 0 bridgehead atoms. The fourth-order valence-electron chi connectivity index (χ4n) is 3.83. The van der Waals surface area contributed by atoms with Gasteiger partial charge in [-0.15, -0.1) is 0 Å². The van der Waals surface area contributed by atoms with Gasteiger partial charge in [-0.3, -0.25) is 4.79 Å². The number of carbonyl (C=O) groups is 1. The zero-order valence-electron chi connectivity index (χ0n) is 13.1. The normalized spacial score (nSPS) is 34.5. The predicted octanol–water partition coefficient (Wildman–Crippen LogP) is 2.17. The number of rotatable bonds is 6. The van der Waals surface area contributed by atoms with Crippen molar-refractivity contribution in [2.45, 2.75) is 57.9 Å². The van der Waals surface area contributed by atoms with Crippen molar-refractivity contribution in [1.82, 2.24) is 4.90 Å². The first kappa shape index (κ1) is 15.8. The van der Waals surface area contributed by atoms with E-state index in [-0.39, 0.29) is 5.97 Å². The highest BCUT2D eigenvalue weighted by molar-refractivity contribution is 5.81. The highest BCUT2D eigenvalue weighted by Gasteiger charge is 2.46. The summed E-state index contributed by atoms with van der Waals surface area (Å²) >= 11 is 0. The molecule has 1 saturated heterocycles. The van der Waals surface area contributed by atoms with E-state index >= 15 is 0 Å². The monoisotopic (exact) mass is 282 g/mol. The number of nitrogens with two attached hydrogens (primary N) is 1. The first-order valence-electron chi connectivity index (χ1n) is 8.28. The summed E-state index contributed by atoms with van der Waals surface area (Å²) in [5.41, 5.74) is 5.66. The Balaban J connectivity index is 1.84. The van der Waals surface area contributed by atoms with Crippen LogP contribution in [0.3, 0.4) is 0 Å². The molecule has 0 aromatic carbocycles. The van der Waals surface area contributed by atoms with Gasteiger partial charge in [0.2, 0.25) is 0 Å². The lowest BCUT2D eigenvalue weighted by Gasteiger charge is -2.30. The SMILES string of the molecule is CCOC(=O)C1(N)CCCC1CCN1CCC(CC)C1. The second-order valence-electron chi connectivity index (χ2n) is 6.50. The summed E-state index contributed by atoms with van der Waals surface area (Å²) in [6.07, 6.45) is 6.55. The second kappa shape index (κ2) is 6.90. The number of hydrogen-bond acceptors (Lipinski definition) is 4. The lowest BCUT2D eigenvalue weighted by atomic mass is 9.85. The fraction of sp³-hybridized carbons (Fsp3) is 0.938. The van der Waals surface area contributed by atoms with Crippen LogP contribution in [0.15, 0.2) is 0 Å². The van der Waals surface area contributed by atoms with Gasteiger partial charge in [-0.1, -0.05) is 19.8 Å². The zero-order valence-corrected chi connectivity index (χ0v) is 13.1. The number of carbonyl (C=O) groups excluding carboxylic acids is 1. The van der Waals surface area contributed by atoms with E-state index in [9.17, 15) is 4.79 Å². The molecule has 1 heterocycles. The van der Waals surface area contributed by atoms with Crippen LogP contribution < -0.4 is 5.73 Å². The molecule has 1 aliphatic carbocycles. The van der Waals surface area contributed by atoms with E-state index in [0.717, 1.165) is 38.1 Å². The quantitative estimate of drug-likeness (QED) is 0.759. The summed E-state index contributed by atoms with van der Waals surface area (Å²) in [6, 6.07) is 0. The van der Waals surface area contributed by atoms with E-state index in [4.69, 9.17) is 10.5 Å². The molecule has 1 saturated carbocycles. The van der Waals surface area contributed by atoms with Crippen molar-refractivity contribution in [1.29, 1.82) is 0 Å². The van der Waals surface area contributed by atoms with Crippen molar-refractivity contribution >= 4 is 5.97 Å². The number of ether oxygens (including phenoxy) is 1. The van der Waals surface area contributed by atoms with Gasteiger partial charge in [-0.25, -0.2) is 0 Å². The van der Waals surface area contributed by atoms with Gasteiger partial charge in [0.25, 0.3) is 0 Å². The Bertz CT molecular complexity index is 334. The minimum atomic E-state index is -0.722. The average molecular weight is 282 g/mol. The largest absolute Gasteiger partial charge is 0.465 e. The molecule has 2 fully saturated rings. The van der Waals surface area contributed by atoms with Crippen LogP contribution in [0.5, 0.6) is 0 Å². The summed E-state index contributed by atoms with van der Waals surface area (Å²) in [5.74, 6) is 0.976. The summed E-state index contributed by atoms with van der Waals surface area (Å²) in [5, 5.41) is 0. The topological polar surface area (TPSA) is 55.6 Å². The van der Waals surface area contributed by atoms with E-state index in [1.807, 2.05) is 6.92 Å². The molecule has 0 aromatic heterocycles. The summed E-state index contributed by atoms with van der Waals surface area (Å²) in [4.78, 5) is 14.7. The molecule has 3 unspecified atom stereocenters. The summed E-state index contributed by atoms with van der Waals surface area (Å²) in [7, 11) is 0. The maximum absolute atomic E-state index is 12.1. The van der Waals surface area contributed by atoms with Crippen molar-refractivity contribution in [3.05, 3.63) is 0 Å². The number of likely N-dealkylation sites (tertiary alicyclic amines) is 1. The van der Waals surface area contributed by atoms with Crippen molar-refractivity contribution in [3.63, 3.8) is 0 Å². The fourth-order valence-corrected chi connectivity index (χ4v) is 3.83. The average Bonchev–Trinajstić information content (AvgIpc) is 3.04. The molecule has 0 aromatic rings. The molecular formula is C16H30N2O2. The number of hydrogen-bond donors (Lipinski definition) is 1. The van der Waals surface area contributed by atoms with Gasteiger partial charge >= 0.3 is 5.97 Å². The van der Waals surface area contributed by atoms with E-state index in [0.29, 0.717) is 12.5 Å². The van der Waals surface area contributed by atoms with E-state index < -0.39 is 5.54 Å². The first-order valence-corrected chi connectivity index (χ1v) is 8.28. The Morgan fingerprint density at radius 3 is 2.85 bits per heavy atom. The number of nitrogens with zero attached hydrogens (tertiary/aromatic N) is 1. The Morgan fingerprint density at radius 2 is 2.20 bits per heavy atom. The van der Waals surface area contributed by atoms with Gasteiger partial charge in [0.15, 0.2) is 0 Å². The van der Waals surface area contributed by atoms with Crippen molar-refractivity contribution in [3.8, 4) is 0 Å². The minimum Gasteiger partial charge on any atom is -0.465 e. The molecule has 0 radical (unpaired) electrons. The molecule has 1 aliphatic heterocycles. The third-order valence-electron chi connectivity index (χ3n) is 5.27. The predicted molar refractivity (Wildman–Crippen MR) is 80.3 cm³/mol. The van der Waals surface area contributed by atoms with Crippen LogP contribution >= 0.6 is 0 Å². The molecule has 4 nitrogen and oxygen atoms in total. The van der Waals surface area contributed by atoms with Crippen molar-refractivity contribution < 1.29 is 9.53 Å². The third-order valence-corrected chi connectivity index (χ3v) is 5.27. The molecule has 0 spiro atoms. The van der Waals surface area contributed by atoms with Gasteiger partial charge in [-0.05, 0) is 57.5 Å². The Kier molecular flexibility index (Phi) is 5.44. The van der Waals surface area contributed by atoms with E-state index in [2.05, 4.69) is 11.8 Å². The first-order chi connectivity index (χ1) is 9.60. The van der Waals surface area contributed by atoms with Gasteiger partial charge in [-0.2, -0.15) is 0 Å². The Hall–Kier alpha value is -0.610. The zero-order chi connectivity index (χ0) is 14.6. The molecular weight excluding hydrogens is 252 g/mol. The Labute approximate surface area is 123 Å². The van der Waals surface area contributed by atoms with E-state index in [1.54, 1.807) is 0 Å². The molecule has 2 N–H and O–H groups in total. The number of esters is 1. The van der Waals surface area contributed by atoms with Crippen LogP contribution in [0.25, 0.3) is 0 Å². The summed E-state index contributed by atoms with van der Waals surface area (Å²) < 4.78 is 5.19. The highest BCUT2D eigenvalue weighted by atomic mass is 16.5. The smallest absolute Gasteiger partial charge is 0.326 e. The molecule has 20 heavy (non-hydrogen) atoms. The van der Waals surface area contributed by atoms with E-state index in [1.165, 1.54) is 25.9 Å². The minimum absolute atomic E-state index is 0.185. The molecule has 2 rings (SSSR count). The van der Waals surface area contributed by atoms with Gasteiger partial charge < -0.3 is 15.4 Å². The third kappa shape index (κ3) is 3.34. The maximum Gasteiger partial charge on any atom is 0.326 e. The van der Waals surface area contributed by atoms with Gasteiger partial charge in [0.1, 0.15) is 5.54 Å². The molecule has 3 atom stereocenters. The molecule has 2 aliphatic rings. The molecule has 116 valence electrons. The van der Waals surface area contributed by atoms with Gasteiger partial charge in [0.05, 0.1) is 6.61 Å². The summed E-state index contributed by atoms with van der Waals surface area (Å²) in [6.45, 7) is 8.06. The van der Waals surface area contributed by atoms with Crippen LogP contribution in [0.2, 0.25) is 0 Å². The maximum atomic E-state index is 12.1. The van der Waals surface area contributed by atoms with Crippen LogP contribution in [0, 0.1) is 11.8 Å². The standard InChI is InChI=1S/C16H30N2O2/c1-3-13-7-10-18(12-13)11-8-14-6-5-9-16(14,17)15(19)20-4-2/h13-14H,3-12,17H2,1-2H3. The van der Waals surface area contributed by atoms with Crippen LogP contribution in [-0.4, -0.2) is 42.6 Å². The lowest BCUT2D eigenvalue weighted by Crippen LogP contribution is -2.52. The lowest BCUT2D eigenvalue weighted by molar-refractivity contribution is -0.151. The van der Waals surface area contributed by atoms with Crippen LogP contribution in [0.1, 0.15) is 52.4 Å². The van der Waals surface area contributed by atoms with Crippen molar-refractivity contribution in [2.75, 3.05) is 26.2 Å². The Morgan fingerprint density at radius 1 is 1.40 bits per heavy atom. The highest BCUT2D eigenvalue weighted by Crippen LogP contribution is 2.37. The van der Waals surface area contributed by atoms with Gasteiger partial charge in [0, 0.05) is 6.54 Å². The molecule has 4 heteroatoms. The van der Waals surface area contributed by atoms with Crippen LogP contribution in [-0.2, 0) is 9.53 Å². The second-order valence-corrected chi connectivity index (χ2v) is 6.50. The van der Waals surface area contributed by atoms with Crippen LogP contribution in [0.4, 0.5) is 0 Å². The molecule has 0 amide bonds. The van der Waals surface area contributed by atoms with Crippen molar-refractivity contribution in [2.24, 2.45) is 17.6 Å².